The lowest BCUT2D eigenvalue weighted by atomic mass is 10.1. The van der Waals surface area contributed by atoms with Crippen molar-refractivity contribution >= 4 is 29.4 Å². The fraction of sp³-hybridized carbons (Fsp3) is 0.278. The highest BCUT2D eigenvalue weighted by Gasteiger charge is 2.09. The molecule has 116 valence electrons. The van der Waals surface area contributed by atoms with Crippen LogP contribution in [0, 0.1) is 13.8 Å². The van der Waals surface area contributed by atoms with Crippen molar-refractivity contribution in [1.29, 1.82) is 0 Å². The third-order valence-corrected chi connectivity index (χ3v) is 5.11. The largest absolute Gasteiger partial charge is 0.351 e. The van der Waals surface area contributed by atoms with Gasteiger partial charge in [0.2, 0.25) is 0 Å². The van der Waals surface area contributed by atoms with Crippen LogP contribution in [0.1, 0.15) is 21.5 Å². The van der Waals surface area contributed by atoms with E-state index in [1.165, 1.54) is 10.5 Å². The quantitative estimate of drug-likeness (QED) is 0.622. The summed E-state index contributed by atoms with van der Waals surface area (Å²) in [6.45, 7) is 4.72. The molecule has 0 aromatic heterocycles. The van der Waals surface area contributed by atoms with E-state index in [1.807, 2.05) is 31.4 Å². The number of rotatable bonds is 6. The zero-order valence-corrected chi connectivity index (χ0v) is 14.8. The summed E-state index contributed by atoms with van der Waals surface area (Å²) in [7, 11) is 0. The van der Waals surface area contributed by atoms with Gasteiger partial charge >= 0.3 is 0 Å². The highest BCUT2D eigenvalue weighted by molar-refractivity contribution is 7.99. The number of benzene rings is 2. The Morgan fingerprint density at radius 3 is 2.41 bits per heavy atom. The average molecular weight is 332 g/mol. The summed E-state index contributed by atoms with van der Waals surface area (Å²) >= 11 is 3.41. The van der Waals surface area contributed by atoms with Crippen molar-refractivity contribution in [1.82, 2.24) is 5.32 Å². The van der Waals surface area contributed by atoms with Crippen LogP contribution < -0.4 is 5.32 Å². The molecule has 0 radical (unpaired) electrons. The van der Waals surface area contributed by atoms with E-state index in [-0.39, 0.29) is 5.91 Å². The van der Waals surface area contributed by atoms with Gasteiger partial charge in [-0.1, -0.05) is 23.8 Å². The second kappa shape index (κ2) is 8.30. The minimum Gasteiger partial charge on any atom is -0.351 e. The van der Waals surface area contributed by atoms with Crippen molar-refractivity contribution in [2.24, 2.45) is 0 Å². The highest BCUT2D eigenvalue weighted by Crippen LogP contribution is 2.20. The molecule has 0 heterocycles. The maximum Gasteiger partial charge on any atom is 0.251 e. The van der Waals surface area contributed by atoms with Gasteiger partial charge in [0.15, 0.2) is 0 Å². The molecule has 0 aliphatic rings. The van der Waals surface area contributed by atoms with E-state index in [0.717, 1.165) is 21.8 Å². The topological polar surface area (TPSA) is 29.1 Å². The number of hydrogen-bond acceptors (Lipinski definition) is 3. The van der Waals surface area contributed by atoms with Gasteiger partial charge in [-0.3, -0.25) is 4.79 Å². The number of carbonyl (C=O) groups excluding carboxylic acids is 1. The average Bonchev–Trinajstić information content (AvgIpc) is 2.53. The zero-order chi connectivity index (χ0) is 15.9. The number of thioether (sulfide) groups is 2. The number of nitrogens with one attached hydrogen (secondary N) is 1. The molecule has 0 atom stereocenters. The van der Waals surface area contributed by atoms with E-state index in [4.69, 9.17) is 0 Å². The van der Waals surface area contributed by atoms with Crippen LogP contribution in [0.25, 0.3) is 0 Å². The van der Waals surface area contributed by atoms with Gasteiger partial charge in [0.05, 0.1) is 0 Å². The Bertz CT molecular complexity index is 638. The molecular formula is C18H21NOS2. The number of carbonyl (C=O) groups is 1. The monoisotopic (exact) mass is 331 g/mol. The van der Waals surface area contributed by atoms with Crippen LogP contribution in [-0.2, 0) is 0 Å². The second-order valence-corrected chi connectivity index (χ2v) is 7.15. The molecule has 1 N–H and O–H groups in total. The van der Waals surface area contributed by atoms with E-state index < -0.39 is 0 Å². The Balaban J connectivity index is 1.84. The molecule has 22 heavy (non-hydrogen) atoms. The lowest BCUT2D eigenvalue weighted by molar-refractivity contribution is 0.0955. The van der Waals surface area contributed by atoms with Gasteiger partial charge in [-0.25, -0.2) is 0 Å². The summed E-state index contributed by atoms with van der Waals surface area (Å²) in [4.78, 5) is 14.6. The Morgan fingerprint density at radius 2 is 1.73 bits per heavy atom. The molecule has 0 unspecified atom stereocenters. The molecule has 0 aliphatic carbocycles. The van der Waals surface area contributed by atoms with Crippen molar-refractivity contribution in [3.63, 3.8) is 0 Å². The van der Waals surface area contributed by atoms with Gasteiger partial charge in [-0.2, -0.15) is 0 Å². The van der Waals surface area contributed by atoms with Crippen LogP contribution in [0.15, 0.2) is 52.3 Å². The van der Waals surface area contributed by atoms with Crippen molar-refractivity contribution in [3.05, 3.63) is 59.2 Å². The van der Waals surface area contributed by atoms with Crippen LogP contribution >= 0.6 is 23.5 Å². The van der Waals surface area contributed by atoms with Gasteiger partial charge in [-0.15, -0.1) is 23.5 Å². The molecule has 2 aromatic rings. The maximum atomic E-state index is 12.3. The fourth-order valence-electron chi connectivity index (χ4n) is 2.04. The third kappa shape index (κ3) is 4.82. The Hall–Kier alpha value is -1.39. The van der Waals surface area contributed by atoms with Crippen LogP contribution in [0.5, 0.6) is 0 Å². The van der Waals surface area contributed by atoms with E-state index in [1.54, 1.807) is 23.5 Å². The van der Waals surface area contributed by atoms with Crippen LogP contribution in [-0.4, -0.2) is 24.5 Å². The molecular weight excluding hydrogens is 310 g/mol. The zero-order valence-electron chi connectivity index (χ0n) is 13.2. The molecule has 0 aliphatic heterocycles. The second-order valence-electron chi connectivity index (χ2n) is 5.10. The molecule has 4 heteroatoms. The summed E-state index contributed by atoms with van der Waals surface area (Å²) in [5.41, 5.74) is 3.05. The van der Waals surface area contributed by atoms with Gasteiger partial charge in [0, 0.05) is 27.7 Å². The van der Waals surface area contributed by atoms with E-state index in [9.17, 15) is 4.79 Å². The molecule has 0 bridgehead atoms. The first-order chi connectivity index (χ1) is 10.6. The molecule has 0 saturated heterocycles. The summed E-state index contributed by atoms with van der Waals surface area (Å²) in [5.74, 6) is 0.883. The maximum absolute atomic E-state index is 12.3. The minimum atomic E-state index is 0.0120. The summed E-state index contributed by atoms with van der Waals surface area (Å²) < 4.78 is 0. The van der Waals surface area contributed by atoms with E-state index >= 15 is 0 Å². The first-order valence-corrected chi connectivity index (χ1v) is 9.43. The summed E-state index contributed by atoms with van der Waals surface area (Å²) in [6.07, 6.45) is 2.02. The van der Waals surface area contributed by atoms with Crippen molar-refractivity contribution < 1.29 is 4.79 Å². The van der Waals surface area contributed by atoms with Gasteiger partial charge in [0.1, 0.15) is 0 Å². The number of amides is 1. The fourth-order valence-corrected chi connectivity index (χ4v) is 3.24. The van der Waals surface area contributed by atoms with Gasteiger partial charge in [0.25, 0.3) is 5.91 Å². The van der Waals surface area contributed by atoms with Gasteiger partial charge in [-0.05, 0) is 49.9 Å². The van der Waals surface area contributed by atoms with E-state index in [2.05, 4.69) is 36.5 Å². The summed E-state index contributed by atoms with van der Waals surface area (Å²) in [6, 6.07) is 14.5. The third-order valence-electron chi connectivity index (χ3n) is 3.37. The lowest BCUT2D eigenvalue weighted by Crippen LogP contribution is -2.26. The predicted octanol–water partition coefficient (Wildman–Crippen LogP) is 4.55. The molecule has 0 spiro atoms. The molecule has 0 saturated carbocycles. The predicted molar refractivity (Wildman–Crippen MR) is 97.2 cm³/mol. The number of aryl methyl sites for hydroxylation is 2. The molecule has 2 rings (SSSR count). The van der Waals surface area contributed by atoms with Crippen molar-refractivity contribution in [2.75, 3.05) is 18.6 Å². The Labute approximate surface area is 141 Å². The first kappa shape index (κ1) is 17.0. The molecule has 0 fully saturated rings. The molecule has 1 amide bonds. The van der Waals surface area contributed by atoms with Crippen LogP contribution in [0.2, 0.25) is 0 Å². The van der Waals surface area contributed by atoms with Crippen LogP contribution in [0.3, 0.4) is 0 Å². The first-order valence-electron chi connectivity index (χ1n) is 7.22. The van der Waals surface area contributed by atoms with Crippen molar-refractivity contribution in [2.45, 2.75) is 23.6 Å². The lowest BCUT2D eigenvalue weighted by Gasteiger charge is -2.09. The van der Waals surface area contributed by atoms with Crippen molar-refractivity contribution in [3.8, 4) is 0 Å². The molecule has 2 aromatic carbocycles. The standard InChI is InChI=1S/C18H21NOS2/c1-13-4-7-15(8-5-13)22-11-10-19-18(20)17-12-16(21-3)9-6-14(17)2/h4-9,12H,10-11H2,1-3H3,(H,19,20). The van der Waals surface area contributed by atoms with Gasteiger partial charge < -0.3 is 5.32 Å². The Kier molecular flexibility index (Phi) is 6.40. The number of hydrogen-bond donors (Lipinski definition) is 1. The summed E-state index contributed by atoms with van der Waals surface area (Å²) in [5, 5.41) is 3.00. The van der Waals surface area contributed by atoms with Crippen LogP contribution in [0.4, 0.5) is 0 Å². The minimum absolute atomic E-state index is 0.0120. The SMILES string of the molecule is CSc1ccc(C)c(C(=O)NCCSc2ccc(C)cc2)c1. The highest BCUT2D eigenvalue weighted by atomic mass is 32.2. The van der Waals surface area contributed by atoms with E-state index in [0.29, 0.717) is 6.54 Å². The normalized spacial score (nSPS) is 10.5. The molecule has 2 nitrogen and oxygen atoms in total. The smallest absolute Gasteiger partial charge is 0.251 e. The Morgan fingerprint density at radius 1 is 1.05 bits per heavy atom.